The molecule has 1 unspecified atom stereocenters. The minimum atomic E-state index is -3.60. The maximum absolute atomic E-state index is 13.3. The number of methoxy groups -OCH3 is 1. The van der Waals surface area contributed by atoms with Crippen LogP contribution in [0.15, 0.2) is 41.3 Å². The molecule has 0 spiro atoms. The summed E-state index contributed by atoms with van der Waals surface area (Å²) in [5.41, 5.74) is 0. The highest BCUT2D eigenvalue weighted by Crippen LogP contribution is 2.57. The molecule has 1 N–H and O–H groups in total. The molecule has 4 fully saturated rings. The number of hydrogen-bond donors (Lipinski definition) is 1. The third-order valence-electron chi connectivity index (χ3n) is 7.57. The fraction of sp³-hybridized carbons (Fsp3) is 0.565. The molecular formula is C23H29NO3S. The number of nitrogens with one attached hydrogen (secondary N) is 1. The van der Waals surface area contributed by atoms with Gasteiger partial charge in [-0.05, 0) is 80.8 Å². The van der Waals surface area contributed by atoms with Crippen LogP contribution in [0, 0.1) is 29.6 Å². The van der Waals surface area contributed by atoms with Crippen molar-refractivity contribution in [1.82, 2.24) is 4.72 Å². The number of benzene rings is 2. The first-order valence-corrected chi connectivity index (χ1v) is 12.0. The van der Waals surface area contributed by atoms with Gasteiger partial charge in [0.1, 0.15) is 5.75 Å². The summed E-state index contributed by atoms with van der Waals surface area (Å²) in [6, 6.07) is 11.0. The second-order valence-electron chi connectivity index (χ2n) is 9.23. The van der Waals surface area contributed by atoms with E-state index in [1.807, 2.05) is 24.3 Å². The fourth-order valence-corrected chi connectivity index (χ4v) is 8.31. The van der Waals surface area contributed by atoms with Crippen molar-refractivity contribution in [2.24, 2.45) is 29.6 Å². The second-order valence-corrected chi connectivity index (χ2v) is 10.9. The molecule has 0 aliphatic heterocycles. The standard InChI is InChI=1S/C23H29NO3S/c1-14(23-17-10-15-9-16(12-17)13-18(23)11-15)24-28(25,26)22-8-7-21(27-2)19-5-3-4-6-20(19)22/h3-8,14-18,23-24H,9-13H2,1-2H3. The molecule has 4 aliphatic rings. The van der Waals surface area contributed by atoms with Gasteiger partial charge in [-0.15, -0.1) is 0 Å². The van der Waals surface area contributed by atoms with Gasteiger partial charge in [0.05, 0.1) is 12.0 Å². The number of ether oxygens (including phenoxy) is 1. The largest absolute Gasteiger partial charge is 0.496 e. The lowest BCUT2D eigenvalue weighted by atomic mass is 9.51. The summed E-state index contributed by atoms with van der Waals surface area (Å²) in [6.45, 7) is 2.08. The number of hydrogen-bond acceptors (Lipinski definition) is 3. The molecule has 2 aromatic carbocycles. The molecule has 1 atom stereocenters. The van der Waals surface area contributed by atoms with Crippen molar-refractivity contribution in [2.45, 2.75) is 50.0 Å². The van der Waals surface area contributed by atoms with Crippen LogP contribution >= 0.6 is 0 Å². The van der Waals surface area contributed by atoms with Gasteiger partial charge in [-0.25, -0.2) is 13.1 Å². The van der Waals surface area contributed by atoms with Crippen molar-refractivity contribution >= 4 is 20.8 Å². The Morgan fingerprint density at radius 1 is 0.929 bits per heavy atom. The Balaban J connectivity index is 1.45. The minimum absolute atomic E-state index is 0.0270. The topological polar surface area (TPSA) is 55.4 Å². The Kier molecular flexibility index (Phi) is 4.44. The number of fused-ring (bicyclic) bond motifs is 1. The van der Waals surface area contributed by atoms with Crippen molar-refractivity contribution in [2.75, 3.05) is 7.11 Å². The predicted molar refractivity (Wildman–Crippen MR) is 111 cm³/mol. The van der Waals surface area contributed by atoms with E-state index in [2.05, 4.69) is 11.6 Å². The molecule has 4 aliphatic carbocycles. The molecule has 150 valence electrons. The quantitative estimate of drug-likeness (QED) is 0.800. The van der Waals surface area contributed by atoms with Gasteiger partial charge in [0, 0.05) is 16.8 Å². The lowest BCUT2D eigenvalue weighted by molar-refractivity contribution is -0.0463. The fourth-order valence-electron chi connectivity index (χ4n) is 6.83. The van der Waals surface area contributed by atoms with Gasteiger partial charge < -0.3 is 4.74 Å². The van der Waals surface area contributed by atoms with E-state index in [9.17, 15) is 8.42 Å². The van der Waals surface area contributed by atoms with Crippen LogP contribution in [-0.2, 0) is 10.0 Å². The van der Waals surface area contributed by atoms with Crippen molar-refractivity contribution in [3.05, 3.63) is 36.4 Å². The van der Waals surface area contributed by atoms with Gasteiger partial charge >= 0.3 is 0 Å². The molecule has 0 radical (unpaired) electrons. The Morgan fingerprint density at radius 2 is 1.54 bits per heavy atom. The molecule has 4 bridgehead atoms. The molecule has 4 nitrogen and oxygen atoms in total. The van der Waals surface area contributed by atoms with Crippen LogP contribution in [0.25, 0.3) is 10.8 Å². The molecule has 5 heteroatoms. The molecule has 6 rings (SSSR count). The normalized spacial score (nSPS) is 32.6. The highest BCUT2D eigenvalue weighted by molar-refractivity contribution is 7.89. The van der Waals surface area contributed by atoms with Crippen LogP contribution in [0.2, 0.25) is 0 Å². The zero-order valence-corrected chi connectivity index (χ0v) is 17.4. The first-order chi connectivity index (χ1) is 13.5. The second kappa shape index (κ2) is 6.74. The summed E-state index contributed by atoms with van der Waals surface area (Å²) in [4.78, 5) is 0.347. The average Bonchev–Trinajstić information content (AvgIpc) is 2.65. The van der Waals surface area contributed by atoms with Crippen molar-refractivity contribution in [3.8, 4) is 5.75 Å². The zero-order chi connectivity index (χ0) is 19.5. The summed E-state index contributed by atoms with van der Waals surface area (Å²) >= 11 is 0. The molecule has 2 aromatic rings. The molecule has 0 aromatic heterocycles. The maximum atomic E-state index is 13.3. The molecule has 0 amide bonds. The van der Waals surface area contributed by atoms with Gasteiger partial charge in [-0.1, -0.05) is 24.3 Å². The highest BCUT2D eigenvalue weighted by Gasteiger charge is 2.50. The first kappa shape index (κ1) is 18.4. The predicted octanol–water partition coefficient (Wildman–Crippen LogP) is 4.59. The van der Waals surface area contributed by atoms with Crippen molar-refractivity contribution in [3.63, 3.8) is 0 Å². The Bertz CT molecular complexity index is 972. The van der Waals surface area contributed by atoms with E-state index in [0.29, 0.717) is 33.8 Å². The lowest BCUT2D eigenvalue weighted by Crippen LogP contribution is -2.52. The SMILES string of the molecule is COc1ccc(S(=O)(=O)NC(C)C2C3CC4CC(C3)CC2C4)c2ccccc12. The monoisotopic (exact) mass is 399 g/mol. The van der Waals surface area contributed by atoms with Crippen LogP contribution in [0.5, 0.6) is 5.75 Å². The van der Waals surface area contributed by atoms with Crippen LogP contribution < -0.4 is 9.46 Å². The first-order valence-electron chi connectivity index (χ1n) is 10.5. The summed E-state index contributed by atoms with van der Waals surface area (Å²) in [5.74, 6) is 4.36. The van der Waals surface area contributed by atoms with Crippen LogP contribution in [0.1, 0.15) is 39.0 Å². The van der Waals surface area contributed by atoms with Gasteiger partial charge in [-0.2, -0.15) is 0 Å². The van der Waals surface area contributed by atoms with E-state index < -0.39 is 10.0 Å². The molecular weight excluding hydrogens is 370 g/mol. The summed E-state index contributed by atoms with van der Waals surface area (Å²) in [5, 5.41) is 1.54. The van der Waals surface area contributed by atoms with E-state index in [1.165, 1.54) is 32.1 Å². The third kappa shape index (κ3) is 2.94. The molecule has 4 saturated carbocycles. The van der Waals surface area contributed by atoms with E-state index in [-0.39, 0.29) is 6.04 Å². The van der Waals surface area contributed by atoms with Crippen LogP contribution in [-0.4, -0.2) is 21.6 Å². The van der Waals surface area contributed by atoms with Crippen LogP contribution in [0.4, 0.5) is 0 Å². The number of rotatable bonds is 5. The Hall–Kier alpha value is -1.59. The molecule has 28 heavy (non-hydrogen) atoms. The van der Waals surface area contributed by atoms with Crippen LogP contribution in [0.3, 0.4) is 0 Å². The van der Waals surface area contributed by atoms with E-state index >= 15 is 0 Å². The minimum Gasteiger partial charge on any atom is -0.496 e. The van der Waals surface area contributed by atoms with Gasteiger partial charge in [0.15, 0.2) is 0 Å². The summed E-state index contributed by atoms with van der Waals surface area (Å²) in [6.07, 6.45) is 6.62. The summed E-state index contributed by atoms with van der Waals surface area (Å²) < 4.78 is 35.2. The van der Waals surface area contributed by atoms with E-state index in [4.69, 9.17) is 4.74 Å². The highest BCUT2D eigenvalue weighted by atomic mass is 32.2. The third-order valence-corrected chi connectivity index (χ3v) is 9.19. The number of sulfonamides is 1. The lowest BCUT2D eigenvalue weighted by Gasteiger charge is -2.56. The Morgan fingerprint density at radius 3 is 2.14 bits per heavy atom. The Labute approximate surface area is 167 Å². The molecule has 0 saturated heterocycles. The van der Waals surface area contributed by atoms with Gasteiger partial charge in [0.2, 0.25) is 10.0 Å². The van der Waals surface area contributed by atoms with Crippen molar-refractivity contribution < 1.29 is 13.2 Å². The van der Waals surface area contributed by atoms with E-state index in [0.717, 1.165) is 17.2 Å². The molecule has 0 heterocycles. The average molecular weight is 400 g/mol. The van der Waals surface area contributed by atoms with Gasteiger partial charge in [-0.3, -0.25) is 0 Å². The smallest absolute Gasteiger partial charge is 0.241 e. The van der Waals surface area contributed by atoms with Gasteiger partial charge in [0.25, 0.3) is 0 Å². The van der Waals surface area contributed by atoms with Crippen molar-refractivity contribution in [1.29, 1.82) is 0 Å². The summed E-state index contributed by atoms with van der Waals surface area (Å²) in [7, 11) is -1.99. The van der Waals surface area contributed by atoms with E-state index in [1.54, 1.807) is 19.2 Å². The zero-order valence-electron chi connectivity index (χ0n) is 16.6. The maximum Gasteiger partial charge on any atom is 0.241 e.